The zero-order valence-corrected chi connectivity index (χ0v) is 18.3. The molecule has 6 nitrogen and oxygen atoms in total. The van der Waals surface area contributed by atoms with Gasteiger partial charge in [0.05, 0.1) is 24.3 Å². The summed E-state index contributed by atoms with van der Waals surface area (Å²) in [5.41, 5.74) is 4.59. The van der Waals surface area contributed by atoms with Crippen molar-refractivity contribution in [2.45, 2.75) is 27.3 Å². The van der Waals surface area contributed by atoms with E-state index in [1.54, 1.807) is 18.7 Å². The number of para-hydroxylation sites is 1. The monoisotopic (exact) mass is 424 g/mol. The second kappa shape index (κ2) is 9.13. The lowest BCUT2D eigenvalue weighted by Crippen LogP contribution is -2.35. The fourth-order valence-corrected chi connectivity index (χ4v) is 3.64. The van der Waals surface area contributed by atoms with Gasteiger partial charge in [-0.05, 0) is 37.5 Å². The first-order valence-electron chi connectivity index (χ1n) is 9.66. The van der Waals surface area contributed by atoms with E-state index in [1.807, 2.05) is 62.4 Å². The first-order valence-corrected chi connectivity index (χ1v) is 10.0. The molecule has 0 aliphatic carbocycles. The number of anilines is 1. The lowest BCUT2D eigenvalue weighted by atomic mass is 10.1. The van der Waals surface area contributed by atoms with E-state index in [0.29, 0.717) is 17.8 Å². The molecule has 0 atom stereocenters. The number of carbonyl (C=O) groups is 2. The second-order valence-corrected chi connectivity index (χ2v) is 7.73. The van der Waals surface area contributed by atoms with Crippen LogP contribution in [0.15, 0.2) is 48.5 Å². The third-order valence-electron chi connectivity index (χ3n) is 4.93. The molecule has 3 rings (SSSR count). The lowest BCUT2D eigenvalue weighted by molar-refractivity contribution is -0.116. The predicted octanol–water partition coefficient (Wildman–Crippen LogP) is 4.22. The number of carbonyl (C=O) groups excluding carboxylic acids is 2. The average Bonchev–Trinajstić information content (AvgIpc) is 2.98. The molecule has 0 saturated carbocycles. The van der Waals surface area contributed by atoms with Gasteiger partial charge in [-0.2, -0.15) is 5.10 Å². The summed E-state index contributed by atoms with van der Waals surface area (Å²) in [5.74, 6) is -0.609. The molecule has 0 unspecified atom stereocenters. The van der Waals surface area contributed by atoms with Gasteiger partial charge in [-0.25, -0.2) is 4.68 Å². The molecule has 1 heterocycles. The smallest absolute Gasteiger partial charge is 0.259 e. The van der Waals surface area contributed by atoms with Crippen LogP contribution in [0.4, 0.5) is 5.69 Å². The zero-order valence-electron chi connectivity index (χ0n) is 17.6. The maximum atomic E-state index is 13.0. The van der Waals surface area contributed by atoms with E-state index in [9.17, 15) is 9.59 Å². The Kier molecular flexibility index (Phi) is 6.57. The molecule has 1 N–H and O–H groups in total. The van der Waals surface area contributed by atoms with Gasteiger partial charge >= 0.3 is 0 Å². The Morgan fingerprint density at radius 2 is 1.67 bits per heavy atom. The van der Waals surface area contributed by atoms with E-state index in [0.717, 1.165) is 22.4 Å². The highest BCUT2D eigenvalue weighted by atomic mass is 35.5. The standard InChI is InChI=1S/C23H25ClN4O2/c1-15-9-8-10-16(2)21(15)25-19(29)14-27(4)23(30)20-17(3)26-28(22(20)24)13-18-11-6-5-7-12-18/h5-12H,13-14H2,1-4H3,(H,25,29). The molecule has 156 valence electrons. The van der Waals surface area contributed by atoms with Crippen molar-refractivity contribution in [1.29, 1.82) is 0 Å². The van der Waals surface area contributed by atoms with Crippen molar-refractivity contribution in [3.8, 4) is 0 Å². The summed E-state index contributed by atoms with van der Waals surface area (Å²) < 4.78 is 1.60. The van der Waals surface area contributed by atoms with Crippen molar-refractivity contribution in [3.63, 3.8) is 0 Å². The quantitative estimate of drug-likeness (QED) is 0.644. The predicted molar refractivity (Wildman–Crippen MR) is 119 cm³/mol. The van der Waals surface area contributed by atoms with Gasteiger partial charge in [0.15, 0.2) is 0 Å². The van der Waals surface area contributed by atoms with Gasteiger partial charge in [-0.15, -0.1) is 0 Å². The van der Waals surface area contributed by atoms with E-state index in [-0.39, 0.29) is 23.5 Å². The minimum Gasteiger partial charge on any atom is -0.332 e. The Bertz CT molecular complexity index is 1060. The molecule has 1 aromatic heterocycles. The van der Waals surface area contributed by atoms with Crippen molar-refractivity contribution >= 4 is 29.1 Å². The number of likely N-dealkylation sites (N-methyl/N-ethyl adjacent to an activating group) is 1. The largest absolute Gasteiger partial charge is 0.332 e. The van der Waals surface area contributed by atoms with E-state index in [1.165, 1.54) is 4.90 Å². The van der Waals surface area contributed by atoms with E-state index in [4.69, 9.17) is 11.6 Å². The van der Waals surface area contributed by atoms with Crippen LogP contribution >= 0.6 is 11.6 Å². The topological polar surface area (TPSA) is 67.2 Å². The number of halogens is 1. The van der Waals surface area contributed by atoms with Gasteiger partial charge in [0, 0.05) is 12.7 Å². The van der Waals surface area contributed by atoms with Crippen LogP contribution < -0.4 is 5.32 Å². The second-order valence-electron chi connectivity index (χ2n) is 7.37. The Hall–Kier alpha value is -3.12. The van der Waals surface area contributed by atoms with Gasteiger partial charge in [-0.3, -0.25) is 9.59 Å². The van der Waals surface area contributed by atoms with Gasteiger partial charge in [0.2, 0.25) is 5.91 Å². The third kappa shape index (κ3) is 4.71. The van der Waals surface area contributed by atoms with Crippen LogP contribution in [-0.2, 0) is 11.3 Å². The van der Waals surface area contributed by atoms with Gasteiger partial charge in [0.1, 0.15) is 5.15 Å². The first-order chi connectivity index (χ1) is 14.3. The molecule has 30 heavy (non-hydrogen) atoms. The number of aromatic nitrogens is 2. The summed E-state index contributed by atoms with van der Waals surface area (Å²) >= 11 is 6.48. The van der Waals surface area contributed by atoms with E-state index < -0.39 is 0 Å². The van der Waals surface area contributed by atoms with Crippen LogP contribution in [0, 0.1) is 20.8 Å². The average molecular weight is 425 g/mol. The van der Waals surface area contributed by atoms with Gasteiger partial charge in [-0.1, -0.05) is 60.1 Å². The molecule has 0 spiro atoms. The zero-order chi connectivity index (χ0) is 21.8. The Balaban J connectivity index is 1.72. The molecule has 2 amide bonds. The van der Waals surface area contributed by atoms with Gasteiger partial charge < -0.3 is 10.2 Å². The highest BCUT2D eigenvalue weighted by molar-refractivity contribution is 6.33. The first kappa shape index (κ1) is 21.6. The van der Waals surface area contributed by atoms with Crippen molar-refractivity contribution in [1.82, 2.24) is 14.7 Å². The number of rotatable bonds is 6. The summed E-state index contributed by atoms with van der Waals surface area (Å²) in [6, 6.07) is 15.6. The fraction of sp³-hybridized carbons (Fsp3) is 0.261. The van der Waals surface area contributed by atoms with Crippen molar-refractivity contribution < 1.29 is 9.59 Å². The van der Waals surface area contributed by atoms with Crippen LogP contribution in [0.1, 0.15) is 32.7 Å². The molecule has 0 aliphatic rings. The number of aryl methyl sites for hydroxylation is 3. The number of hydrogen-bond donors (Lipinski definition) is 1. The highest BCUT2D eigenvalue weighted by Crippen LogP contribution is 2.23. The Labute approximate surface area is 181 Å². The highest BCUT2D eigenvalue weighted by Gasteiger charge is 2.24. The molecule has 0 fully saturated rings. The molecular formula is C23H25ClN4O2. The SMILES string of the molecule is Cc1cccc(C)c1NC(=O)CN(C)C(=O)c1c(C)nn(Cc2ccccc2)c1Cl. The van der Waals surface area contributed by atoms with Crippen LogP contribution in [0.3, 0.4) is 0 Å². The normalized spacial score (nSPS) is 10.7. The molecule has 0 bridgehead atoms. The van der Waals surface area contributed by atoms with Crippen molar-refractivity contribution in [2.75, 3.05) is 18.9 Å². The number of amides is 2. The Morgan fingerprint density at radius 3 is 2.30 bits per heavy atom. The summed E-state index contributed by atoms with van der Waals surface area (Å²) in [5, 5.41) is 7.58. The number of hydrogen-bond acceptors (Lipinski definition) is 3. The third-order valence-corrected chi connectivity index (χ3v) is 5.31. The lowest BCUT2D eigenvalue weighted by Gasteiger charge is -2.18. The van der Waals surface area contributed by atoms with Crippen molar-refractivity contribution in [2.24, 2.45) is 0 Å². The molecule has 0 saturated heterocycles. The minimum atomic E-state index is -0.339. The maximum absolute atomic E-state index is 13.0. The van der Waals surface area contributed by atoms with E-state index >= 15 is 0 Å². The fourth-order valence-electron chi connectivity index (χ4n) is 3.33. The Morgan fingerprint density at radius 1 is 1.03 bits per heavy atom. The number of nitrogens with one attached hydrogen (secondary N) is 1. The summed E-state index contributed by atoms with van der Waals surface area (Å²) in [6.45, 7) is 5.98. The minimum absolute atomic E-state index is 0.0910. The molecule has 7 heteroatoms. The van der Waals surface area contributed by atoms with Crippen LogP contribution in [-0.4, -0.2) is 40.1 Å². The molecule has 2 aromatic carbocycles. The van der Waals surface area contributed by atoms with Gasteiger partial charge in [0.25, 0.3) is 5.91 Å². The van der Waals surface area contributed by atoms with Crippen LogP contribution in [0.2, 0.25) is 5.15 Å². The summed E-state index contributed by atoms with van der Waals surface area (Å²) in [7, 11) is 1.58. The number of nitrogens with zero attached hydrogens (tertiary/aromatic N) is 3. The van der Waals surface area contributed by atoms with E-state index in [2.05, 4.69) is 10.4 Å². The van der Waals surface area contributed by atoms with Crippen LogP contribution in [0.5, 0.6) is 0 Å². The van der Waals surface area contributed by atoms with Crippen molar-refractivity contribution in [3.05, 3.63) is 81.6 Å². The molecule has 3 aromatic rings. The summed E-state index contributed by atoms with van der Waals surface area (Å²) in [6.07, 6.45) is 0. The maximum Gasteiger partial charge on any atom is 0.259 e. The number of benzene rings is 2. The van der Waals surface area contributed by atoms with Crippen LogP contribution in [0.25, 0.3) is 0 Å². The molecule has 0 radical (unpaired) electrons. The summed E-state index contributed by atoms with van der Waals surface area (Å²) in [4.78, 5) is 26.9. The molecule has 0 aliphatic heterocycles. The molecular weight excluding hydrogens is 400 g/mol.